The van der Waals surface area contributed by atoms with E-state index in [2.05, 4.69) is 10.3 Å². The van der Waals surface area contributed by atoms with Gasteiger partial charge in [-0.3, -0.25) is 4.79 Å². The van der Waals surface area contributed by atoms with Crippen LogP contribution in [-0.2, 0) is 4.79 Å². The van der Waals surface area contributed by atoms with Gasteiger partial charge in [-0.05, 0) is 35.9 Å². The minimum atomic E-state index is -0.252. The molecule has 6 nitrogen and oxygen atoms in total. The van der Waals surface area contributed by atoms with Crippen molar-refractivity contribution in [2.24, 2.45) is 4.99 Å². The molecule has 0 unspecified atom stereocenters. The van der Waals surface area contributed by atoms with Crippen LogP contribution >= 0.6 is 0 Å². The van der Waals surface area contributed by atoms with Gasteiger partial charge < -0.3 is 19.5 Å². The first-order chi connectivity index (χ1) is 12.7. The summed E-state index contributed by atoms with van der Waals surface area (Å²) < 4.78 is 16.7. The van der Waals surface area contributed by atoms with Crippen molar-refractivity contribution in [3.05, 3.63) is 59.3 Å². The number of nitrogens with one attached hydrogen (secondary N) is 1. The molecule has 0 aromatic heterocycles. The van der Waals surface area contributed by atoms with Crippen LogP contribution in [0.2, 0.25) is 0 Å². The van der Waals surface area contributed by atoms with Gasteiger partial charge in [-0.25, -0.2) is 4.99 Å². The highest BCUT2D eigenvalue weighted by Gasteiger charge is 2.23. The number of hydrogen-bond donors (Lipinski definition) is 1. The number of fused-ring (bicyclic) bond motifs is 1. The van der Waals surface area contributed by atoms with Crippen molar-refractivity contribution in [2.45, 2.75) is 6.42 Å². The summed E-state index contributed by atoms with van der Waals surface area (Å²) in [4.78, 5) is 16.8. The summed E-state index contributed by atoms with van der Waals surface area (Å²) in [7, 11) is 1.59. The maximum atomic E-state index is 12.3. The van der Waals surface area contributed by atoms with Gasteiger partial charge in [-0.15, -0.1) is 0 Å². The first kappa shape index (κ1) is 16.2. The number of benzene rings is 2. The van der Waals surface area contributed by atoms with Gasteiger partial charge in [0.2, 0.25) is 0 Å². The molecule has 2 aliphatic heterocycles. The highest BCUT2D eigenvalue weighted by atomic mass is 16.5. The molecule has 26 heavy (non-hydrogen) atoms. The van der Waals surface area contributed by atoms with E-state index in [1.54, 1.807) is 13.2 Å². The SMILES string of the molecule is COc1ccccc1C1=N/C(=C/c2ccc3c(c2)OCCCO3)C(=O)N1. The standard InChI is InChI=1S/C20H18N2O4/c1-24-16-6-3-2-5-14(16)19-21-15(20(23)22-19)11-13-7-8-17-18(12-13)26-10-4-9-25-17/h2-3,5-8,11-12H,4,9-10H2,1H3,(H,21,22,23)/b15-11+. The summed E-state index contributed by atoms with van der Waals surface area (Å²) in [6.07, 6.45) is 2.58. The van der Waals surface area contributed by atoms with E-state index in [-0.39, 0.29) is 5.91 Å². The molecule has 0 saturated carbocycles. The summed E-state index contributed by atoms with van der Waals surface area (Å²) in [5.41, 5.74) is 1.90. The number of aliphatic imine (C=N–C) groups is 1. The molecule has 2 aliphatic rings. The Labute approximate surface area is 151 Å². The van der Waals surface area contributed by atoms with E-state index in [9.17, 15) is 4.79 Å². The van der Waals surface area contributed by atoms with Crippen molar-refractivity contribution in [3.63, 3.8) is 0 Å². The molecule has 1 N–H and O–H groups in total. The number of methoxy groups -OCH3 is 1. The molecule has 1 amide bonds. The van der Waals surface area contributed by atoms with Crippen molar-refractivity contribution in [3.8, 4) is 17.2 Å². The number of ether oxygens (including phenoxy) is 3. The summed E-state index contributed by atoms with van der Waals surface area (Å²) in [6.45, 7) is 1.26. The largest absolute Gasteiger partial charge is 0.496 e. The van der Waals surface area contributed by atoms with Crippen molar-refractivity contribution < 1.29 is 19.0 Å². The number of carbonyl (C=O) groups is 1. The predicted molar refractivity (Wildman–Crippen MR) is 97.7 cm³/mol. The minimum Gasteiger partial charge on any atom is -0.496 e. The van der Waals surface area contributed by atoms with E-state index in [1.165, 1.54) is 0 Å². The number of nitrogens with zero attached hydrogens (tertiary/aromatic N) is 1. The number of amides is 1. The predicted octanol–water partition coefficient (Wildman–Crippen LogP) is 2.77. The highest BCUT2D eigenvalue weighted by Crippen LogP contribution is 2.31. The Balaban J connectivity index is 1.66. The van der Waals surface area contributed by atoms with Gasteiger partial charge in [0.25, 0.3) is 5.91 Å². The molecule has 0 radical (unpaired) electrons. The average molecular weight is 350 g/mol. The highest BCUT2D eigenvalue weighted by molar-refractivity contribution is 6.20. The molecule has 2 aromatic carbocycles. The van der Waals surface area contributed by atoms with Crippen molar-refractivity contribution >= 4 is 17.8 Å². The third-order valence-corrected chi connectivity index (χ3v) is 4.13. The Hall–Kier alpha value is -3.28. The van der Waals surface area contributed by atoms with E-state index in [0.29, 0.717) is 36.2 Å². The fourth-order valence-corrected chi connectivity index (χ4v) is 2.86. The summed E-state index contributed by atoms with van der Waals surface area (Å²) >= 11 is 0. The first-order valence-electron chi connectivity index (χ1n) is 8.39. The van der Waals surface area contributed by atoms with Crippen LogP contribution in [0.15, 0.2) is 53.2 Å². The Morgan fingerprint density at radius 3 is 2.77 bits per heavy atom. The molecule has 0 bridgehead atoms. The second-order valence-electron chi connectivity index (χ2n) is 5.90. The summed E-state index contributed by atoms with van der Waals surface area (Å²) in [5, 5.41) is 2.79. The molecular weight excluding hydrogens is 332 g/mol. The second-order valence-corrected chi connectivity index (χ2v) is 5.90. The lowest BCUT2D eigenvalue weighted by molar-refractivity contribution is -0.115. The van der Waals surface area contributed by atoms with Crippen LogP contribution in [0.4, 0.5) is 0 Å². The molecular formula is C20H18N2O4. The topological polar surface area (TPSA) is 69.1 Å². The Morgan fingerprint density at radius 2 is 1.92 bits per heavy atom. The zero-order valence-electron chi connectivity index (χ0n) is 14.3. The Morgan fingerprint density at radius 1 is 1.12 bits per heavy atom. The van der Waals surface area contributed by atoms with Crippen LogP contribution in [0.3, 0.4) is 0 Å². The van der Waals surface area contributed by atoms with Gasteiger partial charge in [-0.2, -0.15) is 0 Å². The lowest BCUT2D eigenvalue weighted by Crippen LogP contribution is -2.25. The monoisotopic (exact) mass is 350 g/mol. The van der Waals surface area contributed by atoms with Gasteiger partial charge in [-0.1, -0.05) is 18.2 Å². The molecule has 0 aliphatic carbocycles. The summed E-state index contributed by atoms with van der Waals surface area (Å²) in [5.74, 6) is 2.29. The van der Waals surface area contributed by atoms with Gasteiger partial charge in [0, 0.05) is 6.42 Å². The molecule has 0 atom stereocenters. The van der Waals surface area contributed by atoms with Crippen molar-refractivity contribution in [1.82, 2.24) is 5.32 Å². The quantitative estimate of drug-likeness (QED) is 0.865. The normalized spacial score (nSPS) is 17.5. The average Bonchev–Trinajstić information content (AvgIpc) is 2.88. The van der Waals surface area contributed by atoms with E-state index >= 15 is 0 Å². The third-order valence-electron chi connectivity index (χ3n) is 4.13. The zero-order chi connectivity index (χ0) is 17.9. The van der Waals surface area contributed by atoms with Crippen LogP contribution in [0.5, 0.6) is 17.2 Å². The Kier molecular flexibility index (Phi) is 4.31. The molecule has 132 valence electrons. The van der Waals surface area contributed by atoms with Crippen LogP contribution in [0.25, 0.3) is 6.08 Å². The van der Waals surface area contributed by atoms with Crippen LogP contribution in [0, 0.1) is 0 Å². The Bertz CT molecular complexity index is 918. The summed E-state index contributed by atoms with van der Waals surface area (Å²) in [6, 6.07) is 13.0. The maximum absolute atomic E-state index is 12.3. The third kappa shape index (κ3) is 3.13. The second kappa shape index (κ2) is 6.92. The van der Waals surface area contributed by atoms with Crippen LogP contribution < -0.4 is 19.5 Å². The fraction of sp³-hybridized carbons (Fsp3) is 0.200. The molecule has 4 rings (SSSR count). The van der Waals surface area contributed by atoms with E-state index < -0.39 is 0 Å². The molecule has 0 fully saturated rings. The number of rotatable bonds is 3. The smallest absolute Gasteiger partial charge is 0.275 e. The molecule has 6 heteroatoms. The molecule has 2 heterocycles. The van der Waals surface area contributed by atoms with Crippen LogP contribution in [0.1, 0.15) is 17.5 Å². The van der Waals surface area contributed by atoms with E-state index in [1.807, 2.05) is 42.5 Å². The van der Waals surface area contributed by atoms with Gasteiger partial charge in [0.15, 0.2) is 11.5 Å². The van der Waals surface area contributed by atoms with Gasteiger partial charge in [0.1, 0.15) is 17.3 Å². The van der Waals surface area contributed by atoms with E-state index in [0.717, 1.165) is 23.3 Å². The fourth-order valence-electron chi connectivity index (χ4n) is 2.86. The van der Waals surface area contributed by atoms with Crippen molar-refractivity contribution in [2.75, 3.05) is 20.3 Å². The van der Waals surface area contributed by atoms with Gasteiger partial charge in [0.05, 0.1) is 25.9 Å². The van der Waals surface area contributed by atoms with Crippen LogP contribution in [-0.4, -0.2) is 32.1 Å². The molecule has 0 spiro atoms. The van der Waals surface area contributed by atoms with Crippen molar-refractivity contribution in [1.29, 1.82) is 0 Å². The number of amidine groups is 1. The minimum absolute atomic E-state index is 0.252. The van der Waals surface area contributed by atoms with E-state index in [4.69, 9.17) is 14.2 Å². The van der Waals surface area contributed by atoms with Gasteiger partial charge >= 0.3 is 0 Å². The lowest BCUT2D eigenvalue weighted by Gasteiger charge is -2.07. The number of para-hydroxylation sites is 1. The first-order valence-corrected chi connectivity index (χ1v) is 8.39. The number of hydrogen-bond acceptors (Lipinski definition) is 5. The zero-order valence-corrected chi connectivity index (χ0v) is 14.3. The molecule has 2 aromatic rings. The number of carbonyl (C=O) groups excluding carboxylic acids is 1. The lowest BCUT2D eigenvalue weighted by atomic mass is 10.1. The maximum Gasteiger partial charge on any atom is 0.275 e. The molecule has 0 saturated heterocycles.